The van der Waals surface area contributed by atoms with Crippen molar-refractivity contribution in [3.05, 3.63) is 107 Å². The van der Waals surface area contributed by atoms with Crippen LogP contribution in [-0.4, -0.2) is 29.3 Å². The largest absolute Gasteiger partial charge is 0.355 e. The van der Waals surface area contributed by atoms with Crippen molar-refractivity contribution in [1.82, 2.24) is 10.2 Å². The van der Waals surface area contributed by atoms with Gasteiger partial charge >= 0.3 is 0 Å². The van der Waals surface area contributed by atoms with Crippen molar-refractivity contribution in [1.29, 1.82) is 0 Å². The predicted octanol–water partition coefficient (Wildman–Crippen LogP) is 4.53. The molecule has 0 aliphatic heterocycles. The van der Waals surface area contributed by atoms with Gasteiger partial charge in [0.05, 0.1) is 0 Å². The van der Waals surface area contributed by atoms with Crippen molar-refractivity contribution in [2.75, 3.05) is 6.54 Å². The molecule has 1 N–H and O–H groups in total. The summed E-state index contributed by atoms with van der Waals surface area (Å²) in [5.41, 5.74) is 2.82. The highest BCUT2D eigenvalue weighted by Gasteiger charge is 2.29. The maximum absolute atomic E-state index is 13.4. The fourth-order valence-electron chi connectivity index (χ4n) is 3.67. The minimum atomic E-state index is -0.661. The van der Waals surface area contributed by atoms with E-state index in [1.807, 2.05) is 67.6 Å². The van der Waals surface area contributed by atoms with Crippen LogP contribution in [0.15, 0.2) is 84.9 Å². The van der Waals surface area contributed by atoms with Gasteiger partial charge in [-0.15, -0.1) is 0 Å². The molecule has 3 aromatic rings. The summed E-state index contributed by atoms with van der Waals surface area (Å²) < 4.78 is 13.4. The molecule has 0 radical (unpaired) electrons. The Morgan fingerprint density at radius 3 is 2.03 bits per heavy atom. The number of benzene rings is 3. The van der Waals surface area contributed by atoms with E-state index in [0.717, 1.165) is 16.7 Å². The van der Waals surface area contributed by atoms with Crippen molar-refractivity contribution in [3.8, 4) is 0 Å². The van der Waals surface area contributed by atoms with Gasteiger partial charge in [0.2, 0.25) is 11.8 Å². The molecule has 4 nitrogen and oxygen atoms in total. The molecule has 0 saturated heterocycles. The average Bonchev–Trinajstić information content (AvgIpc) is 2.82. The van der Waals surface area contributed by atoms with Crippen LogP contribution in [0.5, 0.6) is 0 Å². The Hall–Kier alpha value is -3.47. The zero-order chi connectivity index (χ0) is 22.8. The first-order valence-corrected chi connectivity index (χ1v) is 11.0. The number of likely N-dealkylation sites (N-methyl/N-ethyl adjacent to an activating group) is 1. The van der Waals surface area contributed by atoms with Crippen LogP contribution in [0.2, 0.25) is 0 Å². The van der Waals surface area contributed by atoms with E-state index in [-0.39, 0.29) is 30.6 Å². The van der Waals surface area contributed by atoms with E-state index in [4.69, 9.17) is 0 Å². The summed E-state index contributed by atoms with van der Waals surface area (Å²) in [7, 11) is 0. The molecule has 0 aliphatic rings. The van der Waals surface area contributed by atoms with Crippen LogP contribution in [0.4, 0.5) is 4.39 Å². The van der Waals surface area contributed by atoms with Gasteiger partial charge < -0.3 is 10.2 Å². The molecule has 5 heteroatoms. The lowest BCUT2D eigenvalue weighted by Crippen LogP contribution is -2.50. The van der Waals surface area contributed by atoms with E-state index in [9.17, 15) is 14.0 Å². The fourth-order valence-corrected chi connectivity index (χ4v) is 3.67. The third-order valence-corrected chi connectivity index (χ3v) is 5.36. The molecule has 0 bridgehead atoms. The highest BCUT2D eigenvalue weighted by atomic mass is 19.1. The number of nitrogens with one attached hydrogen (secondary N) is 1. The maximum atomic E-state index is 13.4. The number of halogens is 1. The van der Waals surface area contributed by atoms with Crippen molar-refractivity contribution in [2.24, 2.45) is 0 Å². The lowest BCUT2D eigenvalue weighted by molar-refractivity contribution is -0.141. The number of hydrogen-bond donors (Lipinski definition) is 1. The lowest BCUT2D eigenvalue weighted by atomic mass is 10.0. The molecular formula is C27H29FN2O2. The molecule has 0 spiro atoms. The van der Waals surface area contributed by atoms with Gasteiger partial charge in [-0.3, -0.25) is 9.59 Å². The molecule has 0 heterocycles. The molecule has 3 rings (SSSR count). The minimum absolute atomic E-state index is 0.106. The average molecular weight is 433 g/mol. The summed E-state index contributed by atoms with van der Waals surface area (Å²) in [6.45, 7) is 2.58. The topological polar surface area (TPSA) is 49.4 Å². The molecule has 166 valence electrons. The number of amides is 2. The second-order valence-electron chi connectivity index (χ2n) is 7.73. The Morgan fingerprint density at radius 2 is 1.44 bits per heavy atom. The van der Waals surface area contributed by atoms with Crippen LogP contribution >= 0.6 is 0 Å². The van der Waals surface area contributed by atoms with Crippen LogP contribution in [0.3, 0.4) is 0 Å². The van der Waals surface area contributed by atoms with Gasteiger partial charge in [-0.1, -0.05) is 72.8 Å². The van der Waals surface area contributed by atoms with Crippen molar-refractivity contribution >= 4 is 11.8 Å². The van der Waals surface area contributed by atoms with E-state index in [0.29, 0.717) is 19.4 Å². The first kappa shape index (κ1) is 23.2. The molecule has 0 aromatic heterocycles. The first-order chi connectivity index (χ1) is 15.6. The monoisotopic (exact) mass is 432 g/mol. The van der Waals surface area contributed by atoms with Crippen molar-refractivity contribution in [2.45, 2.75) is 38.8 Å². The number of hydrogen-bond acceptors (Lipinski definition) is 2. The Labute approximate surface area is 189 Å². The second kappa shape index (κ2) is 11.8. The minimum Gasteiger partial charge on any atom is -0.355 e. The van der Waals surface area contributed by atoms with Gasteiger partial charge in [-0.05, 0) is 42.2 Å². The maximum Gasteiger partial charge on any atom is 0.243 e. The quantitative estimate of drug-likeness (QED) is 0.512. The normalized spacial score (nSPS) is 11.6. The molecule has 3 aromatic carbocycles. The smallest absolute Gasteiger partial charge is 0.243 e. The molecule has 0 unspecified atom stereocenters. The molecular weight excluding hydrogens is 403 g/mol. The van der Waals surface area contributed by atoms with Crippen LogP contribution < -0.4 is 5.32 Å². The number of carbonyl (C=O) groups is 2. The third-order valence-electron chi connectivity index (χ3n) is 5.36. The van der Waals surface area contributed by atoms with Gasteiger partial charge in [0, 0.05) is 25.9 Å². The standard InChI is InChI=1S/C27H29FN2O2/c1-2-29-27(32)25(19-22-11-7-4-8-12-22)30(20-23-13-16-24(28)17-14-23)26(31)18-15-21-9-5-3-6-10-21/h3-14,16-17,25H,2,15,18-20H2,1H3,(H,29,32)/t25-/m1/s1. The summed E-state index contributed by atoms with van der Waals surface area (Å²) in [5, 5.41) is 2.88. The van der Waals surface area contributed by atoms with E-state index in [1.54, 1.807) is 17.0 Å². The van der Waals surface area contributed by atoms with E-state index < -0.39 is 6.04 Å². The number of rotatable bonds is 10. The third kappa shape index (κ3) is 6.77. The fraction of sp³-hybridized carbons (Fsp3) is 0.259. The molecule has 32 heavy (non-hydrogen) atoms. The van der Waals surface area contributed by atoms with Crippen LogP contribution in [0.1, 0.15) is 30.0 Å². The van der Waals surface area contributed by atoms with E-state index in [1.165, 1.54) is 12.1 Å². The summed E-state index contributed by atoms with van der Waals surface area (Å²) >= 11 is 0. The molecule has 2 amide bonds. The van der Waals surface area contributed by atoms with E-state index >= 15 is 0 Å². The number of carbonyl (C=O) groups excluding carboxylic acids is 2. The summed E-state index contributed by atoms with van der Waals surface area (Å²) in [6, 6.07) is 24.9. The Kier molecular flexibility index (Phi) is 8.55. The second-order valence-corrected chi connectivity index (χ2v) is 7.73. The van der Waals surface area contributed by atoms with Gasteiger partial charge in [-0.2, -0.15) is 0 Å². The molecule has 0 fully saturated rings. The first-order valence-electron chi connectivity index (χ1n) is 11.0. The summed E-state index contributed by atoms with van der Waals surface area (Å²) in [4.78, 5) is 28.1. The van der Waals surface area contributed by atoms with E-state index in [2.05, 4.69) is 5.32 Å². The molecule has 0 saturated carbocycles. The Bertz CT molecular complexity index is 991. The number of aryl methyl sites for hydroxylation is 1. The zero-order valence-electron chi connectivity index (χ0n) is 18.3. The lowest BCUT2D eigenvalue weighted by Gasteiger charge is -2.31. The van der Waals surface area contributed by atoms with Crippen molar-refractivity contribution in [3.63, 3.8) is 0 Å². The van der Waals surface area contributed by atoms with Gasteiger partial charge in [0.1, 0.15) is 11.9 Å². The van der Waals surface area contributed by atoms with Gasteiger partial charge in [0.15, 0.2) is 0 Å². The van der Waals surface area contributed by atoms with Gasteiger partial charge in [0.25, 0.3) is 0 Å². The Balaban J connectivity index is 1.87. The highest BCUT2D eigenvalue weighted by Crippen LogP contribution is 2.17. The molecule has 1 atom stereocenters. The van der Waals surface area contributed by atoms with Crippen LogP contribution in [0.25, 0.3) is 0 Å². The summed E-state index contributed by atoms with van der Waals surface area (Å²) in [6.07, 6.45) is 1.29. The molecule has 0 aliphatic carbocycles. The predicted molar refractivity (Wildman–Crippen MR) is 124 cm³/mol. The Morgan fingerprint density at radius 1 is 0.844 bits per heavy atom. The highest BCUT2D eigenvalue weighted by molar-refractivity contribution is 5.88. The SMILES string of the molecule is CCNC(=O)[C@@H](Cc1ccccc1)N(Cc1ccc(F)cc1)C(=O)CCc1ccccc1. The van der Waals surface area contributed by atoms with Crippen LogP contribution in [0, 0.1) is 5.82 Å². The zero-order valence-corrected chi connectivity index (χ0v) is 18.3. The van der Waals surface area contributed by atoms with Gasteiger partial charge in [-0.25, -0.2) is 4.39 Å². The number of nitrogens with zero attached hydrogens (tertiary/aromatic N) is 1. The van der Waals surface area contributed by atoms with Crippen molar-refractivity contribution < 1.29 is 14.0 Å². The van der Waals surface area contributed by atoms with Crippen LogP contribution in [-0.2, 0) is 29.0 Å². The summed E-state index contributed by atoms with van der Waals surface area (Å²) in [5.74, 6) is -0.628.